The van der Waals surface area contributed by atoms with E-state index >= 15 is 0 Å². The summed E-state index contributed by atoms with van der Waals surface area (Å²) in [5, 5.41) is 12.3. The van der Waals surface area contributed by atoms with Gasteiger partial charge in [-0.3, -0.25) is 9.59 Å². The third kappa shape index (κ3) is 8.10. The average molecular weight is 630 g/mol. The maximum Gasteiger partial charge on any atom is 0.417 e. The lowest BCUT2D eigenvalue weighted by molar-refractivity contribution is -0.143. The highest BCUT2D eigenvalue weighted by molar-refractivity contribution is 7.89. The second-order valence-electron chi connectivity index (χ2n) is 12.4. The third-order valence-corrected chi connectivity index (χ3v) is 10.7. The number of carbonyl (C=O) groups excluding carboxylic acids is 1. The van der Waals surface area contributed by atoms with Crippen molar-refractivity contribution in [2.24, 2.45) is 11.8 Å². The lowest BCUT2D eigenvalue weighted by Crippen LogP contribution is -2.41. The van der Waals surface area contributed by atoms with Crippen LogP contribution in [0.4, 0.5) is 13.2 Å². The summed E-state index contributed by atoms with van der Waals surface area (Å²) >= 11 is 0.996. The molecular formula is C29H38F3N3O5S2. The highest BCUT2D eigenvalue weighted by Gasteiger charge is 2.39. The maximum atomic E-state index is 14.2. The minimum Gasteiger partial charge on any atom is -0.481 e. The number of carboxylic acids is 1. The summed E-state index contributed by atoms with van der Waals surface area (Å²) in [5.41, 5.74) is -1.58. The zero-order valence-electron chi connectivity index (χ0n) is 24.0. The molecule has 0 spiro atoms. The minimum absolute atomic E-state index is 0.121. The Bertz CT molecular complexity index is 1400. The number of alkyl halides is 3. The number of benzene rings is 1. The number of carbonyl (C=O) groups is 2. The van der Waals surface area contributed by atoms with Gasteiger partial charge in [-0.05, 0) is 76.5 Å². The van der Waals surface area contributed by atoms with E-state index in [9.17, 15) is 36.3 Å². The molecule has 2 aliphatic rings. The monoisotopic (exact) mass is 629 g/mol. The topological polar surface area (TPSA) is 125 Å². The second-order valence-corrected chi connectivity index (χ2v) is 15.1. The first-order valence-electron chi connectivity index (χ1n) is 14.3. The molecule has 3 N–H and O–H groups in total. The van der Waals surface area contributed by atoms with Crippen molar-refractivity contribution in [2.75, 3.05) is 0 Å². The first-order valence-corrected chi connectivity index (χ1v) is 16.6. The van der Waals surface area contributed by atoms with Crippen LogP contribution in [-0.2, 0) is 27.4 Å². The summed E-state index contributed by atoms with van der Waals surface area (Å²) in [7, 11) is -4.48. The Morgan fingerprint density at radius 2 is 1.67 bits per heavy atom. The number of sulfonamides is 1. The molecule has 13 heteroatoms. The molecule has 232 valence electrons. The molecule has 2 fully saturated rings. The molecule has 0 aliphatic heterocycles. The molecule has 0 atom stereocenters. The highest BCUT2D eigenvalue weighted by Crippen LogP contribution is 2.41. The van der Waals surface area contributed by atoms with Gasteiger partial charge in [0.15, 0.2) is 5.01 Å². The number of aromatic nitrogens is 1. The van der Waals surface area contributed by atoms with Crippen molar-refractivity contribution in [3.05, 3.63) is 34.5 Å². The zero-order chi connectivity index (χ0) is 30.9. The standard InChI is InChI=1S/C29H38F3N3O5S2/c1-28(2,3)35-42(39,40)23-14-11-19(16-21(23)29(30,31)32)24-22(15-17-7-5-4-6-8-17)34-26(41-24)25(36)33-20-12-9-18(10-13-20)27(37)38/h11,14,16-18,20,35H,4-10,12-13,15H2,1-3H3,(H,33,36)(H,37,38). The lowest BCUT2D eigenvalue weighted by Gasteiger charge is -2.26. The van der Waals surface area contributed by atoms with Crippen molar-refractivity contribution >= 4 is 33.2 Å². The maximum absolute atomic E-state index is 14.2. The predicted octanol–water partition coefficient (Wildman–Crippen LogP) is 6.40. The number of nitrogens with one attached hydrogen (secondary N) is 2. The van der Waals surface area contributed by atoms with E-state index < -0.39 is 50.0 Å². The number of carboxylic acid groups (broad SMARTS) is 1. The van der Waals surface area contributed by atoms with E-state index in [1.807, 2.05) is 0 Å². The number of aliphatic carboxylic acids is 1. The first-order chi connectivity index (χ1) is 19.5. The quantitative estimate of drug-likeness (QED) is 0.310. The molecule has 0 radical (unpaired) electrons. The van der Waals surface area contributed by atoms with E-state index in [2.05, 4.69) is 15.0 Å². The zero-order valence-corrected chi connectivity index (χ0v) is 25.6. The Morgan fingerprint density at radius 1 is 1.02 bits per heavy atom. The van der Waals surface area contributed by atoms with Gasteiger partial charge in [0, 0.05) is 11.6 Å². The summed E-state index contributed by atoms with van der Waals surface area (Å²) in [6.45, 7) is 4.64. The summed E-state index contributed by atoms with van der Waals surface area (Å²) in [6, 6.07) is 2.94. The van der Waals surface area contributed by atoms with Crippen molar-refractivity contribution in [3.8, 4) is 10.4 Å². The van der Waals surface area contributed by atoms with Gasteiger partial charge >= 0.3 is 12.1 Å². The number of amides is 1. The van der Waals surface area contributed by atoms with Crippen LogP contribution < -0.4 is 10.0 Å². The summed E-state index contributed by atoms with van der Waals surface area (Å²) in [4.78, 5) is 28.6. The van der Waals surface area contributed by atoms with Crippen molar-refractivity contribution < 1.29 is 36.3 Å². The Labute approximate surface area is 248 Å². The Kier molecular flexibility index (Phi) is 9.73. The van der Waals surface area contributed by atoms with Crippen LogP contribution in [0.25, 0.3) is 10.4 Å². The molecule has 2 aliphatic carbocycles. The van der Waals surface area contributed by atoms with Crippen molar-refractivity contribution in [1.82, 2.24) is 15.0 Å². The van der Waals surface area contributed by atoms with Crippen LogP contribution in [0.15, 0.2) is 23.1 Å². The van der Waals surface area contributed by atoms with Crippen LogP contribution >= 0.6 is 11.3 Å². The molecule has 1 amide bonds. The van der Waals surface area contributed by atoms with Crippen LogP contribution in [0.5, 0.6) is 0 Å². The largest absolute Gasteiger partial charge is 0.481 e. The van der Waals surface area contributed by atoms with E-state index in [0.717, 1.165) is 55.6 Å². The van der Waals surface area contributed by atoms with E-state index in [-0.39, 0.29) is 16.6 Å². The van der Waals surface area contributed by atoms with Crippen molar-refractivity contribution in [2.45, 2.75) is 108 Å². The average Bonchev–Trinajstić information content (AvgIpc) is 3.31. The molecule has 1 heterocycles. The Morgan fingerprint density at radius 3 is 2.24 bits per heavy atom. The molecule has 0 bridgehead atoms. The molecule has 4 rings (SSSR count). The number of rotatable bonds is 8. The molecule has 1 aromatic heterocycles. The van der Waals surface area contributed by atoms with Gasteiger partial charge in [0.05, 0.1) is 26.9 Å². The van der Waals surface area contributed by atoms with E-state index in [1.54, 1.807) is 20.8 Å². The van der Waals surface area contributed by atoms with Crippen LogP contribution in [0.1, 0.15) is 99.6 Å². The van der Waals surface area contributed by atoms with Crippen LogP contribution in [0, 0.1) is 11.8 Å². The normalized spacial score (nSPS) is 20.8. The number of thiazole rings is 1. The number of hydrogen-bond donors (Lipinski definition) is 3. The van der Waals surface area contributed by atoms with Gasteiger partial charge in [-0.15, -0.1) is 11.3 Å². The summed E-state index contributed by atoms with van der Waals surface area (Å²) in [6.07, 6.45) is 2.69. The smallest absolute Gasteiger partial charge is 0.417 e. The predicted molar refractivity (Wildman–Crippen MR) is 154 cm³/mol. The molecular weight excluding hydrogens is 591 g/mol. The van der Waals surface area contributed by atoms with Crippen molar-refractivity contribution in [3.63, 3.8) is 0 Å². The van der Waals surface area contributed by atoms with Gasteiger partial charge in [-0.25, -0.2) is 18.1 Å². The van der Waals surface area contributed by atoms with Gasteiger partial charge in [-0.2, -0.15) is 13.2 Å². The minimum atomic E-state index is -4.94. The van der Waals surface area contributed by atoms with Gasteiger partial charge in [0.1, 0.15) is 0 Å². The molecule has 0 unspecified atom stereocenters. The SMILES string of the molecule is CC(C)(C)NS(=O)(=O)c1ccc(-c2sc(C(=O)NC3CCC(C(=O)O)CC3)nc2CC2CCCCC2)cc1C(F)(F)F. The third-order valence-electron chi connectivity index (χ3n) is 7.79. The molecule has 2 saturated carbocycles. The first kappa shape index (κ1) is 32.4. The van der Waals surface area contributed by atoms with Crippen LogP contribution in [0.2, 0.25) is 0 Å². The summed E-state index contributed by atoms with van der Waals surface area (Å²) in [5.74, 6) is -1.43. The van der Waals surface area contributed by atoms with Crippen molar-refractivity contribution in [1.29, 1.82) is 0 Å². The highest BCUT2D eigenvalue weighted by atomic mass is 32.2. The molecule has 42 heavy (non-hydrogen) atoms. The Balaban J connectivity index is 1.69. The fraction of sp³-hybridized carbons (Fsp3) is 0.621. The number of halogens is 3. The number of hydrogen-bond acceptors (Lipinski definition) is 6. The molecule has 0 saturated heterocycles. The van der Waals surface area contributed by atoms with Gasteiger partial charge < -0.3 is 10.4 Å². The van der Waals surface area contributed by atoms with Gasteiger partial charge in [0.2, 0.25) is 10.0 Å². The number of nitrogens with zero attached hydrogens (tertiary/aromatic N) is 1. The Hall–Kier alpha value is -2.51. The summed E-state index contributed by atoms with van der Waals surface area (Å²) < 4.78 is 70.9. The van der Waals surface area contributed by atoms with E-state index in [1.165, 1.54) is 6.07 Å². The van der Waals surface area contributed by atoms with E-state index in [4.69, 9.17) is 0 Å². The molecule has 1 aromatic carbocycles. The fourth-order valence-electron chi connectivity index (χ4n) is 5.79. The second kappa shape index (κ2) is 12.6. The van der Waals surface area contributed by atoms with E-state index in [0.29, 0.717) is 48.6 Å². The van der Waals surface area contributed by atoms with Gasteiger partial charge in [-0.1, -0.05) is 38.2 Å². The molecule has 2 aromatic rings. The van der Waals surface area contributed by atoms with Crippen LogP contribution in [-0.4, -0.2) is 42.0 Å². The molecule has 8 nitrogen and oxygen atoms in total. The lowest BCUT2D eigenvalue weighted by atomic mass is 9.85. The van der Waals surface area contributed by atoms with Crippen LogP contribution in [0.3, 0.4) is 0 Å². The fourth-order valence-corrected chi connectivity index (χ4v) is 8.41. The van der Waals surface area contributed by atoms with Gasteiger partial charge in [0.25, 0.3) is 5.91 Å².